The van der Waals surface area contributed by atoms with Crippen molar-refractivity contribution in [3.05, 3.63) is 34.1 Å². The third-order valence-electron chi connectivity index (χ3n) is 2.56. The maximum absolute atomic E-state index is 13.2. The summed E-state index contributed by atoms with van der Waals surface area (Å²) in [5, 5.41) is 3.30. The Morgan fingerprint density at radius 2 is 2.19 bits per heavy atom. The molecule has 90 valence electrons. The molecule has 0 saturated heterocycles. The molecule has 0 aliphatic rings. The van der Waals surface area contributed by atoms with Gasteiger partial charge in [-0.25, -0.2) is 4.39 Å². The number of hydrogen-bond donors (Lipinski definition) is 1. The standard InChI is InChI=1S/C12H18BrFN2/c1-3-16(2)8-7-15-9-10-5-4-6-11(14)12(10)13/h4-6,15H,3,7-9H2,1-2H3. The van der Waals surface area contributed by atoms with Gasteiger partial charge in [-0.1, -0.05) is 19.1 Å². The van der Waals surface area contributed by atoms with Crippen molar-refractivity contribution in [3.63, 3.8) is 0 Å². The Hall–Kier alpha value is -0.450. The number of halogens is 2. The highest BCUT2D eigenvalue weighted by Crippen LogP contribution is 2.19. The summed E-state index contributed by atoms with van der Waals surface area (Å²) in [6.07, 6.45) is 0. The molecule has 4 heteroatoms. The van der Waals surface area contributed by atoms with Gasteiger partial charge in [-0.05, 0) is 41.2 Å². The van der Waals surface area contributed by atoms with E-state index >= 15 is 0 Å². The minimum Gasteiger partial charge on any atom is -0.311 e. The van der Waals surface area contributed by atoms with Gasteiger partial charge in [-0.2, -0.15) is 0 Å². The van der Waals surface area contributed by atoms with Gasteiger partial charge in [0, 0.05) is 19.6 Å². The molecule has 1 N–H and O–H groups in total. The van der Waals surface area contributed by atoms with E-state index in [4.69, 9.17) is 0 Å². The van der Waals surface area contributed by atoms with Gasteiger partial charge in [0.25, 0.3) is 0 Å². The van der Waals surface area contributed by atoms with E-state index in [-0.39, 0.29) is 5.82 Å². The zero-order valence-electron chi connectivity index (χ0n) is 9.76. The van der Waals surface area contributed by atoms with E-state index in [9.17, 15) is 4.39 Å². The highest BCUT2D eigenvalue weighted by atomic mass is 79.9. The first kappa shape index (κ1) is 13.6. The lowest BCUT2D eigenvalue weighted by molar-refractivity contribution is 0.349. The van der Waals surface area contributed by atoms with E-state index in [1.54, 1.807) is 6.07 Å². The molecule has 0 heterocycles. The van der Waals surface area contributed by atoms with E-state index in [0.717, 1.165) is 25.2 Å². The molecule has 0 atom stereocenters. The third-order valence-corrected chi connectivity index (χ3v) is 3.45. The van der Waals surface area contributed by atoms with Crippen LogP contribution in [0.3, 0.4) is 0 Å². The zero-order valence-corrected chi connectivity index (χ0v) is 11.3. The quantitative estimate of drug-likeness (QED) is 0.810. The number of nitrogens with one attached hydrogen (secondary N) is 1. The van der Waals surface area contributed by atoms with E-state index in [2.05, 4.69) is 40.1 Å². The van der Waals surface area contributed by atoms with Gasteiger partial charge in [0.2, 0.25) is 0 Å². The second kappa shape index (κ2) is 6.99. The van der Waals surface area contributed by atoms with Crippen molar-refractivity contribution in [3.8, 4) is 0 Å². The number of benzene rings is 1. The Labute approximate surface area is 105 Å². The van der Waals surface area contributed by atoms with E-state index in [1.165, 1.54) is 6.07 Å². The molecule has 0 radical (unpaired) electrons. The Balaban J connectivity index is 2.35. The predicted molar refractivity (Wildman–Crippen MR) is 69.0 cm³/mol. The van der Waals surface area contributed by atoms with Crippen LogP contribution in [0.4, 0.5) is 4.39 Å². The monoisotopic (exact) mass is 288 g/mol. The van der Waals surface area contributed by atoms with Gasteiger partial charge in [-0.3, -0.25) is 0 Å². The van der Waals surface area contributed by atoms with Crippen LogP contribution in [-0.4, -0.2) is 31.6 Å². The summed E-state index contributed by atoms with van der Waals surface area (Å²) in [4.78, 5) is 2.23. The molecular formula is C12H18BrFN2. The van der Waals surface area contributed by atoms with Crippen molar-refractivity contribution in [2.45, 2.75) is 13.5 Å². The molecule has 0 bridgehead atoms. The molecule has 0 spiro atoms. The van der Waals surface area contributed by atoms with Crippen LogP contribution in [0, 0.1) is 5.82 Å². The summed E-state index contributed by atoms with van der Waals surface area (Å²) in [6, 6.07) is 5.11. The van der Waals surface area contributed by atoms with Crippen LogP contribution in [0.5, 0.6) is 0 Å². The summed E-state index contributed by atoms with van der Waals surface area (Å²) < 4.78 is 13.7. The SMILES string of the molecule is CCN(C)CCNCc1cccc(F)c1Br. The lowest BCUT2D eigenvalue weighted by Crippen LogP contribution is -2.28. The van der Waals surface area contributed by atoms with Gasteiger partial charge in [0.1, 0.15) is 5.82 Å². The fraction of sp³-hybridized carbons (Fsp3) is 0.500. The molecule has 1 rings (SSSR count). The molecule has 2 nitrogen and oxygen atoms in total. The average Bonchev–Trinajstić information content (AvgIpc) is 2.29. The second-order valence-electron chi connectivity index (χ2n) is 3.79. The number of nitrogens with zero attached hydrogens (tertiary/aromatic N) is 1. The van der Waals surface area contributed by atoms with E-state index in [0.29, 0.717) is 11.0 Å². The molecule has 0 aliphatic heterocycles. The molecule has 0 saturated carbocycles. The second-order valence-corrected chi connectivity index (χ2v) is 4.58. The molecular weight excluding hydrogens is 271 g/mol. The molecule has 0 unspecified atom stereocenters. The smallest absolute Gasteiger partial charge is 0.137 e. The Kier molecular flexibility index (Phi) is 5.95. The first-order valence-corrected chi connectivity index (χ1v) is 6.26. The normalized spacial score (nSPS) is 11.1. The van der Waals surface area contributed by atoms with Crippen LogP contribution in [0.15, 0.2) is 22.7 Å². The van der Waals surface area contributed by atoms with Gasteiger partial charge in [-0.15, -0.1) is 0 Å². The summed E-state index contributed by atoms with van der Waals surface area (Å²) in [6.45, 7) is 5.78. The van der Waals surface area contributed by atoms with Crippen molar-refractivity contribution in [2.24, 2.45) is 0 Å². The fourth-order valence-corrected chi connectivity index (χ4v) is 1.74. The Morgan fingerprint density at radius 1 is 1.44 bits per heavy atom. The molecule has 0 aromatic heterocycles. The van der Waals surface area contributed by atoms with Crippen molar-refractivity contribution in [1.82, 2.24) is 10.2 Å². The lowest BCUT2D eigenvalue weighted by atomic mass is 10.2. The molecule has 0 amide bonds. The minimum atomic E-state index is -0.204. The van der Waals surface area contributed by atoms with Crippen molar-refractivity contribution >= 4 is 15.9 Å². The maximum Gasteiger partial charge on any atom is 0.137 e. The van der Waals surface area contributed by atoms with Gasteiger partial charge in [0.15, 0.2) is 0 Å². The summed E-state index contributed by atoms with van der Waals surface area (Å²) in [5.74, 6) is -0.204. The Bertz CT molecular complexity index is 331. The lowest BCUT2D eigenvalue weighted by Gasteiger charge is -2.14. The van der Waals surface area contributed by atoms with Gasteiger partial charge in [0.05, 0.1) is 4.47 Å². The van der Waals surface area contributed by atoms with E-state index in [1.807, 2.05) is 6.07 Å². The maximum atomic E-state index is 13.2. The number of hydrogen-bond acceptors (Lipinski definition) is 2. The van der Waals surface area contributed by atoms with Crippen LogP contribution in [0.1, 0.15) is 12.5 Å². The highest BCUT2D eigenvalue weighted by Gasteiger charge is 2.04. The van der Waals surface area contributed by atoms with Crippen LogP contribution in [0.2, 0.25) is 0 Å². The molecule has 1 aromatic carbocycles. The van der Waals surface area contributed by atoms with Crippen LogP contribution < -0.4 is 5.32 Å². The predicted octanol–water partition coefficient (Wildman–Crippen LogP) is 2.63. The first-order chi connectivity index (χ1) is 7.65. The van der Waals surface area contributed by atoms with Gasteiger partial charge < -0.3 is 10.2 Å². The molecule has 0 aliphatic carbocycles. The number of rotatable bonds is 6. The van der Waals surface area contributed by atoms with Crippen LogP contribution >= 0.6 is 15.9 Å². The van der Waals surface area contributed by atoms with E-state index < -0.39 is 0 Å². The van der Waals surface area contributed by atoms with Crippen LogP contribution in [-0.2, 0) is 6.54 Å². The largest absolute Gasteiger partial charge is 0.311 e. The summed E-state index contributed by atoms with van der Waals surface area (Å²) >= 11 is 3.25. The van der Waals surface area contributed by atoms with Crippen molar-refractivity contribution in [1.29, 1.82) is 0 Å². The highest BCUT2D eigenvalue weighted by molar-refractivity contribution is 9.10. The first-order valence-electron chi connectivity index (χ1n) is 5.47. The van der Waals surface area contributed by atoms with Crippen LogP contribution in [0.25, 0.3) is 0 Å². The van der Waals surface area contributed by atoms with Crippen molar-refractivity contribution in [2.75, 3.05) is 26.7 Å². The fourth-order valence-electron chi connectivity index (χ4n) is 1.34. The minimum absolute atomic E-state index is 0.204. The molecule has 0 fully saturated rings. The zero-order chi connectivity index (χ0) is 12.0. The summed E-state index contributed by atoms with van der Waals surface area (Å²) in [7, 11) is 2.08. The average molecular weight is 289 g/mol. The van der Waals surface area contributed by atoms with Crippen molar-refractivity contribution < 1.29 is 4.39 Å². The third kappa shape index (κ3) is 4.20. The Morgan fingerprint density at radius 3 is 2.88 bits per heavy atom. The van der Waals surface area contributed by atoms with Gasteiger partial charge >= 0.3 is 0 Å². The summed E-state index contributed by atoms with van der Waals surface area (Å²) in [5.41, 5.74) is 0.958. The topological polar surface area (TPSA) is 15.3 Å². The number of likely N-dealkylation sites (N-methyl/N-ethyl adjacent to an activating group) is 1. The molecule has 16 heavy (non-hydrogen) atoms. The molecule has 1 aromatic rings.